The standard InChI is InChI=1S/C15H27N3OS/c1-5-12(10-19)8-7-9-16-14-11(3)13(6-2)17-15(18-14)20-4/h12,19H,5-10H2,1-4H3,(H,16,17,18). The Morgan fingerprint density at radius 3 is 2.60 bits per heavy atom. The van der Waals surface area contributed by atoms with Crippen LogP contribution in [-0.4, -0.2) is 34.5 Å². The van der Waals surface area contributed by atoms with Gasteiger partial charge in [-0.1, -0.05) is 32.0 Å². The summed E-state index contributed by atoms with van der Waals surface area (Å²) in [6.07, 6.45) is 6.08. The molecule has 0 radical (unpaired) electrons. The number of anilines is 1. The number of hydrogen-bond donors (Lipinski definition) is 2. The maximum absolute atomic E-state index is 9.18. The van der Waals surface area contributed by atoms with Gasteiger partial charge in [-0.25, -0.2) is 9.97 Å². The zero-order valence-electron chi connectivity index (χ0n) is 13.1. The van der Waals surface area contributed by atoms with Crippen LogP contribution < -0.4 is 5.32 Å². The molecule has 1 unspecified atom stereocenters. The quantitative estimate of drug-likeness (QED) is 0.416. The third kappa shape index (κ3) is 4.94. The summed E-state index contributed by atoms with van der Waals surface area (Å²) in [6, 6.07) is 0. The number of aliphatic hydroxyl groups is 1. The first-order valence-electron chi connectivity index (χ1n) is 7.42. The van der Waals surface area contributed by atoms with Gasteiger partial charge in [-0.15, -0.1) is 0 Å². The first-order chi connectivity index (χ1) is 9.65. The van der Waals surface area contributed by atoms with Gasteiger partial charge in [-0.2, -0.15) is 0 Å². The van der Waals surface area contributed by atoms with Crippen molar-refractivity contribution in [3.8, 4) is 0 Å². The van der Waals surface area contributed by atoms with Crippen molar-refractivity contribution in [2.24, 2.45) is 5.92 Å². The van der Waals surface area contributed by atoms with Crippen molar-refractivity contribution in [3.05, 3.63) is 11.3 Å². The second-order valence-corrected chi connectivity index (χ2v) is 5.78. The van der Waals surface area contributed by atoms with E-state index in [4.69, 9.17) is 0 Å². The molecule has 0 spiro atoms. The average Bonchev–Trinajstić information content (AvgIpc) is 2.48. The molecule has 0 amide bonds. The second-order valence-electron chi connectivity index (χ2n) is 5.01. The van der Waals surface area contributed by atoms with E-state index in [1.807, 2.05) is 6.26 Å². The van der Waals surface area contributed by atoms with E-state index < -0.39 is 0 Å². The number of aryl methyl sites for hydroxylation is 1. The van der Waals surface area contributed by atoms with Gasteiger partial charge in [0.05, 0.1) is 0 Å². The van der Waals surface area contributed by atoms with Gasteiger partial charge >= 0.3 is 0 Å². The molecule has 1 aromatic heterocycles. The molecule has 20 heavy (non-hydrogen) atoms. The molecule has 0 aliphatic carbocycles. The molecule has 1 heterocycles. The second kappa shape index (κ2) is 9.19. The lowest BCUT2D eigenvalue weighted by atomic mass is 10.0. The van der Waals surface area contributed by atoms with Crippen molar-refractivity contribution < 1.29 is 5.11 Å². The van der Waals surface area contributed by atoms with E-state index in [1.165, 1.54) is 0 Å². The summed E-state index contributed by atoms with van der Waals surface area (Å²) >= 11 is 1.58. The molecule has 0 bridgehead atoms. The first kappa shape index (κ1) is 17.2. The van der Waals surface area contributed by atoms with E-state index in [9.17, 15) is 5.11 Å². The molecule has 0 saturated carbocycles. The van der Waals surface area contributed by atoms with Gasteiger partial charge in [0, 0.05) is 24.4 Å². The van der Waals surface area contributed by atoms with Crippen LogP contribution in [0.1, 0.15) is 44.4 Å². The zero-order valence-corrected chi connectivity index (χ0v) is 13.9. The largest absolute Gasteiger partial charge is 0.396 e. The van der Waals surface area contributed by atoms with Crippen molar-refractivity contribution in [2.75, 3.05) is 24.7 Å². The van der Waals surface area contributed by atoms with Crippen LogP contribution >= 0.6 is 11.8 Å². The smallest absolute Gasteiger partial charge is 0.189 e. The predicted octanol–water partition coefficient (Wildman–Crippen LogP) is 3.28. The first-order valence-corrected chi connectivity index (χ1v) is 8.64. The molecule has 1 rings (SSSR count). The lowest BCUT2D eigenvalue weighted by Crippen LogP contribution is -2.11. The Hall–Kier alpha value is -0.810. The van der Waals surface area contributed by atoms with Crippen molar-refractivity contribution in [1.29, 1.82) is 0 Å². The number of thioether (sulfide) groups is 1. The third-order valence-corrected chi connectivity index (χ3v) is 4.21. The molecular formula is C15H27N3OS. The highest BCUT2D eigenvalue weighted by atomic mass is 32.2. The highest BCUT2D eigenvalue weighted by Gasteiger charge is 2.09. The summed E-state index contributed by atoms with van der Waals surface area (Å²) < 4.78 is 0. The number of rotatable bonds is 9. The minimum absolute atomic E-state index is 0.291. The van der Waals surface area contributed by atoms with Gasteiger partial charge in [0.25, 0.3) is 0 Å². The van der Waals surface area contributed by atoms with E-state index in [0.717, 1.165) is 54.5 Å². The molecular weight excluding hydrogens is 270 g/mol. The Bertz CT molecular complexity index is 408. The van der Waals surface area contributed by atoms with Crippen LogP contribution in [-0.2, 0) is 6.42 Å². The minimum Gasteiger partial charge on any atom is -0.396 e. The minimum atomic E-state index is 0.291. The summed E-state index contributed by atoms with van der Waals surface area (Å²) in [5, 5.41) is 13.4. The SMILES string of the molecule is CCc1nc(SC)nc(NCCCC(CC)CO)c1C. The van der Waals surface area contributed by atoms with Gasteiger partial charge in [-0.05, 0) is 38.4 Å². The van der Waals surface area contributed by atoms with E-state index in [2.05, 4.69) is 36.1 Å². The van der Waals surface area contributed by atoms with Crippen molar-refractivity contribution in [2.45, 2.75) is 51.6 Å². The molecule has 0 aromatic carbocycles. The number of nitrogens with one attached hydrogen (secondary N) is 1. The van der Waals surface area contributed by atoms with Gasteiger partial charge in [0.1, 0.15) is 5.82 Å². The number of aliphatic hydroxyl groups excluding tert-OH is 1. The molecule has 0 saturated heterocycles. The molecule has 0 fully saturated rings. The Morgan fingerprint density at radius 2 is 2.05 bits per heavy atom. The Kier molecular flexibility index (Phi) is 7.92. The zero-order chi connectivity index (χ0) is 15.0. The van der Waals surface area contributed by atoms with Crippen molar-refractivity contribution in [3.63, 3.8) is 0 Å². The highest BCUT2D eigenvalue weighted by Crippen LogP contribution is 2.20. The highest BCUT2D eigenvalue weighted by molar-refractivity contribution is 7.98. The Balaban J connectivity index is 2.59. The van der Waals surface area contributed by atoms with Crippen LogP contribution in [0.4, 0.5) is 5.82 Å². The fourth-order valence-electron chi connectivity index (χ4n) is 2.17. The molecule has 0 aliphatic heterocycles. The summed E-state index contributed by atoms with van der Waals surface area (Å²) in [7, 11) is 0. The Labute approximate surface area is 126 Å². The van der Waals surface area contributed by atoms with Gasteiger partial charge in [-0.3, -0.25) is 0 Å². The summed E-state index contributed by atoms with van der Waals surface area (Å²) in [6.45, 7) is 7.51. The maximum Gasteiger partial charge on any atom is 0.189 e. The van der Waals surface area contributed by atoms with Crippen LogP contribution in [0.25, 0.3) is 0 Å². The average molecular weight is 297 g/mol. The van der Waals surface area contributed by atoms with Gasteiger partial charge in [0.15, 0.2) is 5.16 Å². The molecule has 1 aromatic rings. The van der Waals surface area contributed by atoms with Crippen LogP contribution in [0.2, 0.25) is 0 Å². The van der Waals surface area contributed by atoms with E-state index in [-0.39, 0.29) is 0 Å². The molecule has 2 N–H and O–H groups in total. The van der Waals surface area contributed by atoms with E-state index >= 15 is 0 Å². The lowest BCUT2D eigenvalue weighted by molar-refractivity contribution is 0.213. The van der Waals surface area contributed by atoms with Crippen LogP contribution in [0.15, 0.2) is 5.16 Å². The van der Waals surface area contributed by atoms with Crippen LogP contribution in [0, 0.1) is 12.8 Å². The summed E-state index contributed by atoms with van der Waals surface area (Å²) in [4.78, 5) is 9.08. The molecule has 1 atom stereocenters. The van der Waals surface area contributed by atoms with Gasteiger partial charge < -0.3 is 10.4 Å². The van der Waals surface area contributed by atoms with Gasteiger partial charge in [0.2, 0.25) is 0 Å². The Morgan fingerprint density at radius 1 is 1.30 bits per heavy atom. The third-order valence-electron chi connectivity index (χ3n) is 3.66. The number of hydrogen-bond acceptors (Lipinski definition) is 5. The fraction of sp³-hybridized carbons (Fsp3) is 0.733. The maximum atomic E-state index is 9.18. The molecule has 114 valence electrons. The molecule has 5 heteroatoms. The molecule has 4 nitrogen and oxygen atoms in total. The molecule has 0 aliphatic rings. The normalized spacial score (nSPS) is 12.4. The fourth-order valence-corrected chi connectivity index (χ4v) is 2.55. The van der Waals surface area contributed by atoms with E-state index in [0.29, 0.717) is 12.5 Å². The van der Waals surface area contributed by atoms with Crippen molar-refractivity contribution in [1.82, 2.24) is 9.97 Å². The van der Waals surface area contributed by atoms with E-state index in [1.54, 1.807) is 11.8 Å². The number of nitrogens with zero attached hydrogens (tertiary/aromatic N) is 2. The van der Waals surface area contributed by atoms with Crippen LogP contribution in [0.3, 0.4) is 0 Å². The summed E-state index contributed by atoms with van der Waals surface area (Å²) in [5.41, 5.74) is 2.27. The lowest BCUT2D eigenvalue weighted by Gasteiger charge is -2.14. The van der Waals surface area contributed by atoms with Crippen molar-refractivity contribution >= 4 is 17.6 Å². The monoisotopic (exact) mass is 297 g/mol. The predicted molar refractivity (Wildman–Crippen MR) is 86.5 cm³/mol. The summed E-state index contributed by atoms with van der Waals surface area (Å²) in [5.74, 6) is 1.38. The topological polar surface area (TPSA) is 58.0 Å². The van der Waals surface area contributed by atoms with Crippen LogP contribution in [0.5, 0.6) is 0 Å². The number of aromatic nitrogens is 2.